The Labute approximate surface area is 221 Å². The smallest absolute Gasteiger partial charge is 0.270 e. The van der Waals surface area contributed by atoms with Gasteiger partial charge in [-0.15, -0.1) is 0 Å². The minimum absolute atomic E-state index is 0.162. The largest absolute Gasteiger partial charge is 0.493 e. The van der Waals surface area contributed by atoms with Crippen LogP contribution in [0.5, 0.6) is 11.5 Å². The number of benzene rings is 2. The molecule has 3 aromatic rings. The van der Waals surface area contributed by atoms with Crippen molar-refractivity contribution >= 4 is 17.5 Å². The number of hydrogen-bond donors (Lipinski definition) is 0. The Bertz CT molecular complexity index is 1240. The molecule has 202 valence electrons. The Morgan fingerprint density at radius 3 is 2.45 bits per heavy atom. The van der Waals surface area contributed by atoms with E-state index in [1.165, 1.54) is 29.2 Å². The Hall–Kier alpha value is -4.34. The number of non-ortho nitro benzene ring substituents is 1. The molecule has 1 unspecified atom stereocenters. The summed E-state index contributed by atoms with van der Waals surface area (Å²) in [4.78, 5) is 40.8. The maximum absolute atomic E-state index is 13.6. The lowest BCUT2D eigenvalue weighted by Gasteiger charge is -2.31. The van der Waals surface area contributed by atoms with Gasteiger partial charge in [-0.05, 0) is 55.7 Å². The summed E-state index contributed by atoms with van der Waals surface area (Å²) in [6.45, 7) is 4.19. The minimum atomic E-state index is -0.547. The number of rotatable bonds is 13. The number of carbonyl (C=O) groups is 2. The van der Waals surface area contributed by atoms with Gasteiger partial charge in [-0.1, -0.05) is 19.1 Å². The molecule has 2 aromatic carbocycles. The van der Waals surface area contributed by atoms with Crippen LogP contribution in [-0.4, -0.2) is 59.9 Å². The summed E-state index contributed by atoms with van der Waals surface area (Å²) >= 11 is 0. The molecule has 0 saturated heterocycles. The fraction of sp³-hybridized carbons (Fsp3) is 0.357. The maximum atomic E-state index is 13.6. The topological polar surface area (TPSA) is 115 Å². The summed E-state index contributed by atoms with van der Waals surface area (Å²) in [6, 6.07) is 14.4. The number of nitro groups is 1. The average Bonchev–Trinajstić information content (AvgIpc) is 3.46. The molecule has 0 fully saturated rings. The third-order valence-electron chi connectivity index (χ3n) is 6.39. The first-order valence-corrected chi connectivity index (χ1v) is 12.3. The molecule has 0 spiro atoms. The monoisotopic (exact) mass is 523 g/mol. The molecular weight excluding hydrogens is 490 g/mol. The molecule has 0 radical (unpaired) electrons. The van der Waals surface area contributed by atoms with Gasteiger partial charge >= 0.3 is 0 Å². The van der Waals surface area contributed by atoms with E-state index in [0.717, 1.165) is 5.56 Å². The SMILES string of the molecule is CCC(C)N(CC(=O)N(CCc1ccc(OC)c(OC)c1)Cc1ccco1)C(=O)c1cccc([N+](=O)[O-])c1. The fourth-order valence-corrected chi connectivity index (χ4v) is 4.00. The molecular formula is C28H33N3O7. The Balaban J connectivity index is 1.82. The zero-order valence-corrected chi connectivity index (χ0v) is 22.1. The summed E-state index contributed by atoms with van der Waals surface area (Å²) < 4.78 is 16.2. The van der Waals surface area contributed by atoms with E-state index in [-0.39, 0.29) is 36.3 Å². The second-order valence-electron chi connectivity index (χ2n) is 8.83. The summed E-state index contributed by atoms with van der Waals surface area (Å²) in [5.41, 5.74) is 0.933. The van der Waals surface area contributed by atoms with Gasteiger partial charge in [0.05, 0.1) is 32.0 Å². The number of nitro benzene ring substituents is 1. The first-order valence-electron chi connectivity index (χ1n) is 12.3. The van der Waals surface area contributed by atoms with Gasteiger partial charge in [0.25, 0.3) is 11.6 Å². The normalized spacial score (nSPS) is 11.5. The predicted molar refractivity (Wildman–Crippen MR) is 141 cm³/mol. The summed E-state index contributed by atoms with van der Waals surface area (Å²) in [5.74, 6) is 1.13. The van der Waals surface area contributed by atoms with Crippen LogP contribution < -0.4 is 9.47 Å². The van der Waals surface area contributed by atoms with E-state index in [4.69, 9.17) is 13.9 Å². The van der Waals surface area contributed by atoms with Gasteiger partial charge < -0.3 is 23.7 Å². The molecule has 2 amide bonds. The van der Waals surface area contributed by atoms with Gasteiger partial charge in [-0.25, -0.2) is 0 Å². The van der Waals surface area contributed by atoms with Crippen molar-refractivity contribution < 1.29 is 28.4 Å². The number of nitrogens with zero attached hydrogens (tertiary/aromatic N) is 3. The van der Waals surface area contributed by atoms with Crippen LogP contribution in [0, 0.1) is 10.1 Å². The minimum Gasteiger partial charge on any atom is -0.493 e. The maximum Gasteiger partial charge on any atom is 0.270 e. The molecule has 0 N–H and O–H groups in total. The summed E-state index contributed by atoms with van der Waals surface area (Å²) in [5, 5.41) is 11.2. The standard InChI is InChI=1S/C28H33N3O7/c1-5-20(2)30(28(33)22-8-6-9-23(17-22)31(34)35)19-27(32)29(18-24-10-7-15-38-24)14-13-21-11-12-25(36-3)26(16-21)37-4/h6-12,15-17,20H,5,13-14,18-19H2,1-4H3. The van der Waals surface area contributed by atoms with Gasteiger partial charge in [-0.3, -0.25) is 19.7 Å². The molecule has 0 saturated carbocycles. The first-order chi connectivity index (χ1) is 18.3. The molecule has 0 bridgehead atoms. The summed E-state index contributed by atoms with van der Waals surface area (Å²) in [7, 11) is 3.13. The molecule has 10 heteroatoms. The quantitative estimate of drug-likeness (QED) is 0.235. The summed E-state index contributed by atoms with van der Waals surface area (Å²) in [6.07, 6.45) is 2.69. The van der Waals surface area contributed by atoms with Gasteiger partial charge in [0.1, 0.15) is 12.3 Å². The van der Waals surface area contributed by atoms with Crippen molar-refractivity contribution in [3.63, 3.8) is 0 Å². The first kappa shape index (κ1) is 28.2. The van der Waals surface area contributed by atoms with E-state index in [1.54, 1.807) is 37.5 Å². The molecule has 0 aliphatic carbocycles. The number of methoxy groups -OCH3 is 2. The van der Waals surface area contributed by atoms with E-state index >= 15 is 0 Å². The fourth-order valence-electron chi connectivity index (χ4n) is 4.00. The van der Waals surface area contributed by atoms with E-state index < -0.39 is 10.8 Å². The van der Waals surface area contributed by atoms with Crippen molar-refractivity contribution in [2.45, 2.75) is 39.3 Å². The molecule has 1 aromatic heterocycles. The molecule has 1 heterocycles. The van der Waals surface area contributed by atoms with Crippen molar-refractivity contribution in [2.24, 2.45) is 0 Å². The zero-order valence-electron chi connectivity index (χ0n) is 22.1. The van der Waals surface area contributed by atoms with E-state index in [9.17, 15) is 19.7 Å². The van der Waals surface area contributed by atoms with Crippen LogP contribution in [0.3, 0.4) is 0 Å². The van der Waals surface area contributed by atoms with Crippen LogP contribution in [0.25, 0.3) is 0 Å². The van der Waals surface area contributed by atoms with E-state index in [1.807, 2.05) is 32.0 Å². The lowest BCUT2D eigenvalue weighted by Crippen LogP contribution is -2.46. The number of amides is 2. The van der Waals surface area contributed by atoms with Crippen LogP contribution in [0.15, 0.2) is 65.3 Å². The van der Waals surface area contributed by atoms with Gasteiger partial charge in [0.15, 0.2) is 11.5 Å². The highest BCUT2D eigenvalue weighted by Gasteiger charge is 2.27. The molecule has 1 atom stereocenters. The average molecular weight is 524 g/mol. The van der Waals surface area contributed by atoms with E-state index in [0.29, 0.717) is 36.6 Å². The number of furan rings is 1. The second-order valence-corrected chi connectivity index (χ2v) is 8.83. The van der Waals surface area contributed by atoms with Crippen molar-refractivity contribution in [1.29, 1.82) is 0 Å². The molecule has 38 heavy (non-hydrogen) atoms. The number of carbonyl (C=O) groups excluding carboxylic acids is 2. The van der Waals surface area contributed by atoms with Crippen molar-refractivity contribution in [2.75, 3.05) is 27.3 Å². The third-order valence-corrected chi connectivity index (χ3v) is 6.39. The number of ether oxygens (including phenoxy) is 2. The highest BCUT2D eigenvalue weighted by atomic mass is 16.6. The molecule has 0 aliphatic rings. The van der Waals surface area contributed by atoms with Gasteiger partial charge in [0.2, 0.25) is 5.91 Å². The van der Waals surface area contributed by atoms with Gasteiger partial charge in [-0.2, -0.15) is 0 Å². The van der Waals surface area contributed by atoms with Crippen LogP contribution in [0.4, 0.5) is 5.69 Å². The number of hydrogen-bond acceptors (Lipinski definition) is 7. The molecule has 10 nitrogen and oxygen atoms in total. The zero-order chi connectivity index (χ0) is 27.7. The Morgan fingerprint density at radius 1 is 1.05 bits per heavy atom. The Morgan fingerprint density at radius 2 is 1.82 bits per heavy atom. The van der Waals surface area contributed by atoms with Crippen molar-refractivity contribution in [3.8, 4) is 11.5 Å². The van der Waals surface area contributed by atoms with Crippen LogP contribution in [0.2, 0.25) is 0 Å². The Kier molecular flexibility index (Phi) is 9.86. The molecule has 3 rings (SSSR count). The van der Waals surface area contributed by atoms with E-state index in [2.05, 4.69) is 0 Å². The van der Waals surface area contributed by atoms with Crippen LogP contribution in [0.1, 0.15) is 41.9 Å². The highest BCUT2D eigenvalue weighted by molar-refractivity contribution is 5.97. The predicted octanol–water partition coefficient (Wildman–Crippen LogP) is 4.72. The van der Waals surface area contributed by atoms with Crippen LogP contribution >= 0.6 is 0 Å². The lowest BCUT2D eigenvalue weighted by molar-refractivity contribution is -0.384. The lowest BCUT2D eigenvalue weighted by atomic mass is 10.1. The van der Waals surface area contributed by atoms with Crippen LogP contribution in [-0.2, 0) is 17.8 Å². The third kappa shape index (κ3) is 7.12. The van der Waals surface area contributed by atoms with Crippen molar-refractivity contribution in [3.05, 3.63) is 87.9 Å². The second kappa shape index (κ2) is 13.3. The van der Waals surface area contributed by atoms with Gasteiger partial charge in [0, 0.05) is 30.3 Å². The van der Waals surface area contributed by atoms with Crippen molar-refractivity contribution in [1.82, 2.24) is 9.80 Å². The molecule has 0 aliphatic heterocycles. The highest BCUT2D eigenvalue weighted by Crippen LogP contribution is 2.28.